The van der Waals surface area contributed by atoms with Gasteiger partial charge in [-0.1, -0.05) is 72.8 Å². The average Bonchev–Trinajstić information content (AvgIpc) is 3.19. The van der Waals surface area contributed by atoms with Gasteiger partial charge in [0.25, 0.3) is 0 Å². The van der Waals surface area contributed by atoms with Gasteiger partial charge in [0, 0.05) is 63.2 Å². The summed E-state index contributed by atoms with van der Waals surface area (Å²) in [6.45, 7) is 11.5. The molecule has 0 fully saturated rings. The van der Waals surface area contributed by atoms with Crippen molar-refractivity contribution in [3.8, 4) is 0 Å². The number of esters is 4. The van der Waals surface area contributed by atoms with E-state index in [0.717, 1.165) is 33.6 Å². The number of benzene rings is 3. The lowest BCUT2D eigenvalue weighted by Gasteiger charge is -2.25. The van der Waals surface area contributed by atoms with E-state index in [2.05, 4.69) is 107 Å². The zero-order valence-electron chi connectivity index (χ0n) is 33.7. The van der Waals surface area contributed by atoms with Gasteiger partial charge in [0.05, 0.1) is 26.4 Å². The van der Waals surface area contributed by atoms with Gasteiger partial charge in [-0.05, 0) is 99.9 Å². The quantitative estimate of drug-likeness (QED) is 0.0446. The van der Waals surface area contributed by atoms with Crippen LogP contribution in [-0.2, 0) is 38.1 Å². The highest BCUT2D eigenvalue weighted by atomic mass is 16.5. The summed E-state index contributed by atoms with van der Waals surface area (Å²) in [5.74, 6) is -0.778. The first-order chi connectivity index (χ1) is 27.2. The number of hydrogen-bond donors (Lipinski definition) is 0. The van der Waals surface area contributed by atoms with Crippen molar-refractivity contribution in [3.05, 3.63) is 95.1 Å². The molecule has 0 aromatic heterocycles. The molecule has 0 saturated heterocycles. The van der Waals surface area contributed by atoms with Gasteiger partial charge in [-0.25, -0.2) is 0 Å². The van der Waals surface area contributed by atoms with Crippen molar-refractivity contribution in [2.45, 2.75) is 79.1 Å². The van der Waals surface area contributed by atoms with Crippen molar-refractivity contribution in [1.82, 2.24) is 0 Å². The third-order valence-corrected chi connectivity index (χ3v) is 8.85. The van der Waals surface area contributed by atoms with Crippen molar-refractivity contribution >= 4 is 59.6 Å². The molecule has 0 aliphatic carbocycles. The molecule has 10 nitrogen and oxygen atoms in total. The molecule has 0 aliphatic heterocycles. The number of ether oxygens (including phenoxy) is 4. The Hall–Kier alpha value is -5.38. The van der Waals surface area contributed by atoms with Crippen LogP contribution in [0.2, 0.25) is 0 Å². The van der Waals surface area contributed by atoms with Crippen molar-refractivity contribution in [2.75, 3.05) is 62.4 Å². The number of rotatable bonds is 26. The minimum absolute atomic E-state index is 0.194. The number of nitrogens with zero attached hydrogens (tertiary/aromatic N) is 2. The summed E-state index contributed by atoms with van der Waals surface area (Å²) in [5.41, 5.74) is 6.37. The van der Waals surface area contributed by atoms with Gasteiger partial charge in [0.1, 0.15) is 0 Å². The lowest BCUT2D eigenvalue weighted by atomic mass is 10.1. The van der Waals surface area contributed by atoms with E-state index in [1.54, 1.807) is 27.7 Å². The molecule has 3 aromatic carbocycles. The van der Waals surface area contributed by atoms with Gasteiger partial charge in [-0.2, -0.15) is 0 Å². The number of anilines is 2. The molecule has 0 N–H and O–H groups in total. The van der Waals surface area contributed by atoms with E-state index in [1.165, 1.54) is 0 Å². The first-order valence-corrected chi connectivity index (χ1v) is 20.0. The molecule has 0 amide bonds. The normalized spacial score (nSPS) is 11.1. The smallest absolute Gasteiger partial charge is 0.305 e. The van der Waals surface area contributed by atoms with Crippen LogP contribution in [0.1, 0.15) is 101 Å². The zero-order valence-corrected chi connectivity index (χ0v) is 33.7. The predicted octanol–water partition coefficient (Wildman–Crippen LogP) is 9.01. The SMILES string of the molecule is CCOC(=O)CCCN(CCCC(=O)OCC)c1ccc(/C=C/c2ccc(/C=C/c3ccc(N(CCCC(=O)OCC)CCCC(=O)OCC)cc3)cc2)cc1. The molecule has 0 radical (unpaired) electrons. The molecule has 0 heterocycles. The van der Waals surface area contributed by atoms with E-state index in [-0.39, 0.29) is 23.9 Å². The van der Waals surface area contributed by atoms with Crippen molar-refractivity contribution in [2.24, 2.45) is 0 Å². The molecule has 0 saturated carbocycles. The fourth-order valence-electron chi connectivity index (χ4n) is 6.03. The molecule has 0 spiro atoms. The van der Waals surface area contributed by atoms with Crippen LogP contribution in [-0.4, -0.2) is 76.5 Å². The maximum Gasteiger partial charge on any atom is 0.305 e. The molecule has 0 unspecified atom stereocenters. The van der Waals surface area contributed by atoms with Crippen LogP contribution >= 0.6 is 0 Å². The second-order valence-corrected chi connectivity index (χ2v) is 13.1. The van der Waals surface area contributed by atoms with Crippen LogP contribution in [0.25, 0.3) is 24.3 Å². The fraction of sp³-hybridized carbons (Fsp3) is 0.435. The second kappa shape index (κ2) is 26.4. The number of hydrogen-bond acceptors (Lipinski definition) is 10. The maximum absolute atomic E-state index is 11.9. The third kappa shape index (κ3) is 17.8. The van der Waals surface area contributed by atoms with Gasteiger partial charge < -0.3 is 28.7 Å². The van der Waals surface area contributed by atoms with Gasteiger partial charge in [-0.15, -0.1) is 0 Å². The summed E-state index contributed by atoms with van der Waals surface area (Å²) in [5, 5.41) is 0. The summed E-state index contributed by atoms with van der Waals surface area (Å²) >= 11 is 0. The Bertz CT molecular complexity index is 1490. The fourth-order valence-corrected chi connectivity index (χ4v) is 6.03. The minimum atomic E-state index is -0.194. The summed E-state index contributed by atoms with van der Waals surface area (Å²) in [4.78, 5) is 51.9. The van der Waals surface area contributed by atoms with Crippen molar-refractivity contribution < 1.29 is 38.1 Å². The number of carbonyl (C=O) groups excluding carboxylic acids is 4. The topological polar surface area (TPSA) is 112 Å². The number of carbonyl (C=O) groups is 4. The Morgan fingerprint density at radius 3 is 0.821 bits per heavy atom. The van der Waals surface area contributed by atoms with E-state index in [9.17, 15) is 19.2 Å². The van der Waals surface area contributed by atoms with Gasteiger partial charge in [0.2, 0.25) is 0 Å². The standard InChI is InChI=1S/C46H60N2O8/c1-5-53-43(49)13-9-33-47(34-10-14-44(50)54-6-2)41-29-25-39(26-30-41)23-21-37-17-19-38(20-18-37)22-24-40-27-31-42(32-28-40)48(35-11-15-45(51)55-7-3)36-12-16-46(52)56-8-4/h17-32H,5-16,33-36H2,1-4H3/b23-21+,24-22+. The minimum Gasteiger partial charge on any atom is -0.466 e. The molecule has 302 valence electrons. The Balaban J connectivity index is 1.58. The van der Waals surface area contributed by atoms with Crippen LogP contribution in [0.4, 0.5) is 11.4 Å². The highest BCUT2D eigenvalue weighted by Crippen LogP contribution is 2.21. The molecule has 0 atom stereocenters. The average molecular weight is 769 g/mol. The Labute approximate surface area is 333 Å². The lowest BCUT2D eigenvalue weighted by molar-refractivity contribution is -0.144. The van der Waals surface area contributed by atoms with Gasteiger partial charge >= 0.3 is 23.9 Å². The predicted molar refractivity (Wildman–Crippen MR) is 225 cm³/mol. The molecule has 0 bridgehead atoms. The second-order valence-electron chi connectivity index (χ2n) is 13.1. The summed E-state index contributed by atoms with van der Waals surface area (Å²) in [6.07, 6.45) is 12.4. The van der Waals surface area contributed by atoms with Crippen molar-refractivity contribution in [3.63, 3.8) is 0 Å². The van der Waals surface area contributed by atoms with E-state index >= 15 is 0 Å². The molecule has 0 aliphatic rings. The Kier molecular flexibility index (Phi) is 21.2. The highest BCUT2D eigenvalue weighted by molar-refractivity contribution is 5.74. The van der Waals surface area contributed by atoms with E-state index in [4.69, 9.17) is 18.9 Å². The van der Waals surface area contributed by atoms with Crippen LogP contribution in [0.3, 0.4) is 0 Å². The summed E-state index contributed by atoms with van der Waals surface area (Å²) in [7, 11) is 0. The molecule has 3 rings (SSSR count). The Morgan fingerprint density at radius 1 is 0.393 bits per heavy atom. The van der Waals surface area contributed by atoms with E-state index in [1.807, 2.05) is 0 Å². The first-order valence-electron chi connectivity index (χ1n) is 20.0. The van der Waals surface area contributed by atoms with Crippen LogP contribution in [0.15, 0.2) is 72.8 Å². The summed E-state index contributed by atoms with van der Waals surface area (Å²) < 4.78 is 20.3. The molecular weight excluding hydrogens is 709 g/mol. The van der Waals surface area contributed by atoms with Crippen molar-refractivity contribution in [1.29, 1.82) is 0 Å². The van der Waals surface area contributed by atoms with Crippen LogP contribution < -0.4 is 9.80 Å². The molecule has 3 aromatic rings. The highest BCUT2D eigenvalue weighted by Gasteiger charge is 2.12. The van der Waals surface area contributed by atoms with Crippen LogP contribution in [0, 0.1) is 0 Å². The maximum atomic E-state index is 11.9. The first kappa shape index (κ1) is 45.0. The molecule has 56 heavy (non-hydrogen) atoms. The van der Waals surface area contributed by atoms with E-state index < -0.39 is 0 Å². The van der Waals surface area contributed by atoms with E-state index in [0.29, 0.717) is 104 Å². The van der Waals surface area contributed by atoms with Gasteiger partial charge in [0.15, 0.2) is 0 Å². The Morgan fingerprint density at radius 2 is 0.607 bits per heavy atom. The monoisotopic (exact) mass is 768 g/mol. The van der Waals surface area contributed by atoms with Gasteiger partial charge in [-0.3, -0.25) is 19.2 Å². The zero-order chi connectivity index (χ0) is 40.4. The largest absolute Gasteiger partial charge is 0.466 e. The molecule has 10 heteroatoms. The third-order valence-electron chi connectivity index (χ3n) is 8.85. The lowest BCUT2D eigenvalue weighted by Crippen LogP contribution is -2.27. The molecular formula is C46H60N2O8. The summed E-state index contributed by atoms with van der Waals surface area (Å²) in [6, 6.07) is 25.0. The van der Waals surface area contributed by atoms with Crippen LogP contribution in [0.5, 0.6) is 0 Å².